The lowest BCUT2D eigenvalue weighted by atomic mass is 10.3. The van der Waals surface area contributed by atoms with Crippen molar-refractivity contribution in [2.75, 3.05) is 54.0 Å². The number of hydrogen-bond donors (Lipinski definition) is 0. The number of aromatic nitrogens is 4. The van der Waals surface area contributed by atoms with Crippen LogP contribution in [0.15, 0.2) is 6.20 Å². The molecule has 3 saturated heterocycles. The van der Waals surface area contributed by atoms with E-state index in [2.05, 4.69) is 19.7 Å². The third-order valence-electron chi connectivity index (χ3n) is 5.59. The van der Waals surface area contributed by atoms with Gasteiger partial charge in [-0.3, -0.25) is 0 Å². The fourth-order valence-electron chi connectivity index (χ4n) is 4.18. The Kier molecular flexibility index (Phi) is 3.79. The number of hydrogen-bond acceptors (Lipinski definition) is 7. The molecule has 3 aliphatic rings. The maximum atomic E-state index is 4.94. The summed E-state index contributed by atoms with van der Waals surface area (Å²) < 4.78 is 0. The Morgan fingerprint density at radius 1 is 0.600 bits per heavy atom. The van der Waals surface area contributed by atoms with Crippen molar-refractivity contribution in [2.45, 2.75) is 38.5 Å². The SMILES string of the molecule is c1nc(N2CCCC2)nc2nc(N3CCCC3)nc(N3CCCC3)c12. The Morgan fingerprint density at radius 3 is 1.76 bits per heavy atom. The van der Waals surface area contributed by atoms with Crippen molar-refractivity contribution >= 4 is 28.7 Å². The van der Waals surface area contributed by atoms with Crippen LogP contribution in [0.2, 0.25) is 0 Å². The first-order chi connectivity index (χ1) is 12.4. The van der Waals surface area contributed by atoms with E-state index >= 15 is 0 Å². The molecule has 0 unspecified atom stereocenters. The maximum absolute atomic E-state index is 4.94. The maximum Gasteiger partial charge on any atom is 0.229 e. The summed E-state index contributed by atoms with van der Waals surface area (Å²) in [4.78, 5) is 26.2. The zero-order valence-electron chi connectivity index (χ0n) is 14.7. The molecule has 0 aliphatic carbocycles. The molecule has 0 atom stereocenters. The van der Waals surface area contributed by atoms with Crippen molar-refractivity contribution in [1.29, 1.82) is 0 Å². The molecule has 25 heavy (non-hydrogen) atoms. The Balaban J connectivity index is 1.61. The summed E-state index contributed by atoms with van der Waals surface area (Å²) in [5.74, 6) is 2.69. The van der Waals surface area contributed by atoms with Crippen molar-refractivity contribution < 1.29 is 0 Å². The highest BCUT2D eigenvalue weighted by molar-refractivity contribution is 5.88. The van der Waals surface area contributed by atoms with Gasteiger partial charge in [-0.2, -0.15) is 15.0 Å². The van der Waals surface area contributed by atoms with Crippen LogP contribution in [0, 0.1) is 0 Å². The quantitative estimate of drug-likeness (QED) is 0.849. The van der Waals surface area contributed by atoms with Crippen LogP contribution >= 0.6 is 0 Å². The molecule has 2 aromatic heterocycles. The van der Waals surface area contributed by atoms with E-state index in [1.165, 1.54) is 38.5 Å². The standard InChI is InChI=1S/C18H25N7/c1-2-8-23(7-1)16-14-13-19-17(24-9-3-4-10-24)20-15(14)21-18(22-16)25-11-5-6-12-25/h13H,1-12H2. The summed E-state index contributed by atoms with van der Waals surface area (Å²) >= 11 is 0. The largest absolute Gasteiger partial charge is 0.356 e. The van der Waals surface area contributed by atoms with Gasteiger partial charge in [0.2, 0.25) is 11.9 Å². The Hall–Kier alpha value is -2.18. The first-order valence-corrected chi connectivity index (χ1v) is 9.68. The van der Waals surface area contributed by atoms with Crippen LogP contribution in [-0.4, -0.2) is 59.2 Å². The minimum atomic E-state index is 0.802. The first-order valence-electron chi connectivity index (χ1n) is 9.68. The minimum Gasteiger partial charge on any atom is -0.356 e. The fraction of sp³-hybridized carbons (Fsp3) is 0.667. The van der Waals surface area contributed by atoms with Gasteiger partial charge in [-0.1, -0.05) is 0 Å². The average molecular weight is 339 g/mol. The van der Waals surface area contributed by atoms with Gasteiger partial charge in [-0.15, -0.1) is 0 Å². The third-order valence-corrected chi connectivity index (χ3v) is 5.59. The molecule has 0 bridgehead atoms. The molecule has 0 saturated carbocycles. The Bertz CT molecular complexity index is 754. The van der Waals surface area contributed by atoms with E-state index in [1.807, 2.05) is 6.20 Å². The van der Waals surface area contributed by atoms with Gasteiger partial charge in [0.15, 0.2) is 5.65 Å². The molecule has 0 aromatic carbocycles. The van der Waals surface area contributed by atoms with Gasteiger partial charge in [-0.05, 0) is 38.5 Å². The Labute approximate surface area is 148 Å². The van der Waals surface area contributed by atoms with E-state index in [4.69, 9.17) is 15.0 Å². The zero-order valence-corrected chi connectivity index (χ0v) is 14.7. The summed E-state index contributed by atoms with van der Waals surface area (Å²) in [6, 6.07) is 0. The van der Waals surface area contributed by atoms with E-state index in [0.29, 0.717) is 0 Å². The molecular formula is C18H25N7. The van der Waals surface area contributed by atoms with Crippen LogP contribution in [0.4, 0.5) is 17.7 Å². The van der Waals surface area contributed by atoms with Gasteiger partial charge in [0, 0.05) is 45.5 Å². The number of nitrogens with zero attached hydrogens (tertiary/aromatic N) is 7. The lowest BCUT2D eigenvalue weighted by Crippen LogP contribution is -2.25. The second-order valence-corrected chi connectivity index (χ2v) is 7.34. The molecule has 0 N–H and O–H groups in total. The van der Waals surface area contributed by atoms with Gasteiger partial charge in [0.25, 0.3) is 0 Å². The molecule has 3 aliphatic heterocycles. The highest BCUT2D eigenvalue weighted by atomic mass is 15.3. The summed E-state index contributed by atoms with van der Waals surface area (Å²) in [6.45, 7) is 6.34. The minimum absolute atomic E-state index is 0.802. The molecule has 0 amide bonds. The van der Waals surface area contributed by atoms with Crippen molar-refractivity contribution in [2.24, 2.45) is 0 Å². The molecular weight excluding hydrogens is 314 g/mol. The van der Waals surface area contributed by atoms with Gasteiger partial charge >= 0.3 is 0 Å². The smallest absolute Gasteiger partial charge is 0.229 e. The van der Waals surface area contributed by atoms with E-state index in [-0.39, 0.29) is 0 Å². The van der Waals surface area contributed by atoms with Gasteiger partial charge in [0.1, 0.15) is 5.82 Å². The molecule has 5 rings (SSSR count). The normalized spacial score (nSPS) is 21.0. The van der Waals surface area contributed by atoms with E-state index in [9.17, 15) is 0 Å². The van der Waals surface area contributed by atoms with Crippen LogP contribution in [0.5, 0.6) is 0 Å². The van der Waals surface area contributed by atoms with Gasteiger partial charge in [-0.25, -0.2) is 4.98 Å². The summed E-state index contributed by atoms with van der Waals surface area (Å²) in [7, 11) is 0. The predicted octanol–water partition coefficient (Wildman–Crippen LogP) is 2.22. The number of rotatable bonds is 3. The van der Waals surface area contributed by atoms with Crippen LogP contribution in [0.25, 0.3) is 11.0 Å². The summed E-state index contributed by atoms with van der Waals surface area (Å²) in [5.41, 5.74) is 0.802. The number of anilines is 3. The van der Waals surface area contributed by atoms with Crippen LogP contribution < -0.4 is 14.7 Å². The lowest BCUT2D eigenvalue weighted by Gasteiger charge is -2.22. The van der Waals surface area contributed by atoms with E-state index in [0.717, 1.165) is 68.0 Å². The second kappa shape index (κ2) is 6.28. The van der Waals surface area contributed by atoms with Crippen LogP contribution in [0.3, 0.4) is 0 Å². The first kappa shape index (κ1) is 15.1. The molecule has 7 nitrogen and oxygen atoms in total. The fourth-order valence-corrected chi connectivity index (χ4v) is 4.18. The van der Waals surface area contributed by atoms with Crippen LogP contribution in [-0.2, 0) is 0 Å². The molecule has 2 aromatic rings. The van der Waals surface area contributed by atoms with Crippen molar-refractivity contribution in [3.05, 3.63) is 6.20 Å². The molecule has 0 radical (unpaired) electrons. The van der Waals surface area contributed by atoms with Crippen molar-refractivity contribution in [3.8, 4) is 0 Å². The van der Waals surface area contributed by atoms with Gasteiger partial charge < -0.3 is 14.7 Å². The number of fused-ring (bicyclic) bond motifs is 1. The molecule has 3 fully saturated rings. The third kappa shape index (κ3) is 2.75. The highest BCUT2D eigenvalue weighted by Gasteiger charge is 2.24. The molecule has 0 spiro atoms. The molecule has 132 valence electrons. The molecule has 5 heterocycles. The monoisotopic (exact) mass is 339 g/mol. The topological polar surface area (TPSA) is 61.3 Å². The van der Waals surface area contributed by atoms with E-state index < -0.39 is 0 Å². The lowest BCUT2D eigenvalue weighted by molar-refractivity contribution is 0.870. The van der Waals surface area contributed by atoms with Crippen molar-refractivity contribution in [3.63, 3.8) is 0 Å². The summed E-state index contributed by atoms with van der Waals surface area (Å²) in [6.07, 6.45) is 9.31. The molecule has 7 heteroatoms. The Morgan fingerprint density at radius 2 is 1.12 bits per heavy atom. The highest BCUT2D eigenvalue weighted by Crippen LogP contribution is 2.30. The van der Waals surface area contributed by atoms with Gasteiger partial charge in [0.05, 0.1) is 5.39 Å². The zero-order chi connectivity index (χ0) is 16.6. The predicted molar refractivity (Wildman–Crippen MR) is 99.5 cm³/mol. The van der Waals surface area contributed by atoms with Crippen LogP contribution in [0.1, 0.15) is 38.5 Å². The summed E-state index contributed by atoms with van der Waals surface area (Å²) in [5, 5.41) is 0.993. The van der Waals surface area contributed by atoms with E-state index in [1.54, 1.807) is 0 Å². The van der Waals surface area contributed by atoms with Crippen molar-refractivity contribution in [1.82, 2.24) is 19.9 Å². The average Bonchev–Trinajstić information content (AvgIpc) is 3.44. The second-order valence-electron chi connectivity index (χ2n) is 7.34.